The Kier molecular flexibility index (Phi) is 3.00. The van der Waals surface area contributed by atoms with E-state index in [4.69, 9.17) is 0 Å². The van der Waals surface area contributed by atoms with Crippen molar-refractivity contribution in [2.45, 2.75) is 11.8 Å². The summed E-state index contributed by atoms with van der Waals surface area (Å²) in [6.45, 7) is -1.60. The molecule has 0 spiro atoms. The number of rotatable bonds is 1. The van der Waals surface area contributed by atoms with Crippen LogP contribution in [0.15, 0.2) is 18.2 Å². The van der Waals surface area contributed by atoms with E-state index < -0.39 is 48.0 Å². The number of halogens is 5. The fourth-order valence-corrected chi connectivity index (χ4v) is 2.01. The molecule has 0 bridgehead atoms. The van der Waals surface area contributed by atoms with Crippen molar-refractivity contribution in [3.63, 3.8) is 0 Å². The van der Waals surface area contributed by atoms with E-state index in [1.54, 1.807) is 0 Å². The van der Waals surface area contributed by atoms with E-state index in [-0.39, 0.29) is 4.90 Å². The van der Waals surface area contributed by atoms with Crippen LogP contribution in [0, 0.1) is 11.6 Å². The zero-order valence-corrected chi connectivity index (χ0v) is 9.34. The third-order valence-corrected chi connectivity index (χ3v) is 2.86. The maximum Gasteiger partial charge on any atom is 0.471 e. The fraction of sp³-hybridized carbons (Fsp3) is 0.364. The summed E-state index contributed by atoms with van der Waals surface area (Å²) in [7, 11) is 0. The molecule has 1 N–H and O–H groups in total. The Balaban J connectivity index is 2.20. The molecule has 0 aliphatic carbocycles. The van der Waals surface area contributed by atoms with Gasteiger partial charge in [-0.1, -0.05) is 6.07 Å². The molecule has 104 valence electrons. The van der Waals surface area contributed by atoms with Gasteiger partial charge in [-0.05, 0) is 12.1 Å². The summed E-state index contributed by atoms with van der Waals surface area (Å²) in [5, 5.41) is 9.89. The van der Waals surface area contributed by atoms with Crippen LogP contribution in [0.1, 0.15) is 5.56 Å². The van der Waals surface area contributed by atoms with Crippen molar-refractivity contribution < 1.29 is 31.9 Å². The van der Waals surface area contributed by atoms with Gasteiger partial charge in [0.05, 0.1) is 18.7 Å². The van der Waals surface area contributed by atoms with Gasteiger partial charge in [-0.3, -0.25) is 4.79 Å². The molecular weight excluding hydrogens is 273 g/mol. The Morgan fingerprint density at radius 1 is 1.21 bits per heavy atom. The lowest BCUT2D eigenvalue weighted by atomic mass is 9.85. The topological polar surface area (TPSA) is 40.5 Å². The van der Waals surface area contributed by atoms with E-state index in [1.165, 1.54) is 0 Å². The fourth-order valence-electron chi connectivity index (χ4n) is 2.01. The first-order valence-corrected chi connectivity index (χ1v) is 5.18. The van der Waals surface area contributed by atoms with Crippen molar-refractivity contribution >= 4 is 5.91 Å². The van der Waals surface area contributed by atoms with Crippen LogP contribution >= 0.6 is 0 Å². The number of aliphatic hydroxyl groups is 1. The Bertz CT molecular complexity index is 502. The number of likely N-dealkylation sites (tertiary alicyclic amines) is 1. The first-order chi connectivity index (χ1) is 8.65. The van der Waals surface area contributed by atoms with Crippen molar-refractivity contribution in [2.75, 3.05) is 13.1 Å². The lowest BCUT2D eigenvalue weighted by Crippen LogP contribution is -2.64. The Hall–Kier alpha value is -1.70. The zero-order chi connectivity index (χ0) is 14.4. The second kappa shape index (κ2) is 4.16. The quantitative estimate of drug-likeness (QED) is 0.794. The molecule has 1 aliphatic rings. The van der Waals surface area contributed by atoms with E-state index in [9.17, 15) is 31.9 Å². The molecule has 1 aliphatic heterocycles. The summed E-state index contributed by atoms with van der Waals surface area (Å²) in [6, 6.07) is 2.82. The molecule has 8 heteroatoms. The van der Waals surface area contributed by atoms with E-state index in [2.05, 4.69) is 0 Å². The average Bonchev–Trinajstić information content (AvgIpc) is 2.22. The van der Waals surface area contributed by atoms with Crippen LogP contribution in [0.25, 0.3) is 0 Å². The van der Waals surface area contributed by atoms with Gasteiger partial charge in [0.1, 0.15) is 17.2 Å². The summed E-state index contributed by atoms with van der Waals surface area (Å²) < 4.78 is 63.1. The number of β-amino-alcohol motifs (C(OH)–C–C–N with tert-alkyl or cyclic N) is 1. The molecule has 1 fully saturated rings. The van der Waals surface area contributed by atoms with Crippen molar-refractivity contribution in [3.8, 4) is 0 Å². The highest BCUT2D eigenvalue weighted by Gasteiger charge is 2.54. The van der Waals surface area contributed by atoms with Gasteiger partial charge in [0.15, 0.2) is 0 Å². The molecule has 1 aromatic carbocycles. The number of hydrogen-bond acceptors (Lipinski definition) is 2. The van der Waals surface area contributed by atoms with Crippen LogP contribution in [0.5, 0.6) is 0 Å². The minimum atomic E-state index is -5.07. The van der Waals surface area contributed by atoms with Crippen LogP contribution in [-0.2, 0) is 10.4 Å². The first kappa shape index (κ1) is 13.7. The molecule has 0 radical (unpaired) electrons. The third kappa shape index (κ3) is 2.27. The molecule has 1 aromatic rings. The first-order valence-electron chi connectivity index (χ1n) is 5.18. The summed E-state index contributed by atoms with van der Waals surface area (Å²) >= 11 is 0. The summed E-state index contributed by atoms with van der Waals surface area (Å²) in [5.41, 5.74) is -2.85. The number of nitrogens with zero attached hydrogens (tertiary/aromatic N) is 1. The highest BCUT2D eigenvalue weighted by molar-refractivity contribution is 5.83. The molecule has 0 atom stereocenters. The second-order valence-electron chi connectivity index (χ2n) is 4.29. The number of carbonyl (C=O) groups excluding carboxylic acids is 1. The van der Waals surface area contributed by atoms with Gasteiger partial charge in [0.25, 0.3) is 0 Å². The van der Waals surface area contributed by atoms with Gasteiger partial charge in [0, 0.05) is 0 Å². The number of carbonyl (C=O) groups is 1. The largest absolute Gasteiger partial charge is 0.471 e. The molecule has 19 heavy (non-hydrogen) atoms. The Morgan fingerprint density at radius 3 is 2.11 bits per heavy atom. The lowest BCUT2D eigenvalue weighted by Gasteiger charge is -2.46. The van der Waals surface area contributed by atoms with Gasteiger partial charge in [-0.2, -0.15) is 13.2 Å². The van der Waals surface area contributed by atoms with Crippen LogP contribution in [0.4, 0.5) is 22.0 Å². The molecule has 1 heterocycles. The summed E-state index contributed by atoms with van der Waals surface area (Å²) in [5.74, 6) is -4.28. The molecule has 1 saturated heterocycles. The van der Waals surface area contributed by atoms with E-state index in [0.29, 0.717) is 0 Å². The zero-order valence-electron chi connectivity index (χ0n) is 9.34. The van der Waals surface area contributed by atoms with Crippen LogP contribution in [0.3, 0.4) is 0 Å². The van der Waals surface area contributed by atoms with Crippen LogP contribution in [-0.4, -0.2) is 35.2 Å². The SMILES string of the molecule is O=C(N1CC(O)(c2c(F)cccc2F)C1)C(F)(F)F. The molecule has 0 saturated carbocycles. The smallest absolute Gasteiger partial charge is 0.381 e. The van der Waals surface area contributed by atoms with Crippen molar-refractivity contribution in [1.82, 2.24) is 4.90 Å². The standard InChI is InChI=1S/C11H8F5NO2/c12-6-2-1-3-7(13)8(6)10(19)4-17(5-10)9(18)11(14,15)16/h1-3,19H,4-5H2. The molecular formula is C11H8F5NO2. The monoisotopic (exact) mass is 281 g/mol. The van der Waals surface area contributed by atoms with Gasteiger partial charge >= 0.3 is 12.1 Å². The van der Waals surface area contributed by atoms with Crippen LogP contribution < -0.4 is 0 Å². The number of amides is 1. The molecule has 1 amide bonds. The average molecular weight is 281 g/mol. The van der Waals surface area contributed by atoms with Crippen LogP contribution in [0.2, 0.25) is 0 Å². The molecule has 0 unspecified atom stereocenters. The molecule has 0 aromatic heterocycles. The van der Waals surface area contributed by atoms with Gasteiger partial charge in [-0.15, -0.1) is 0 Å². The summed E-state index contributed by atoms with van der Waals surface area (Å²) in [6.07, 6.45) is -5.07. The Labute approximate surface area is 104 Å². The van der Waals surface area contributed by atoms with E-state index >= 15 is 0 Å². The van der Waals surface area contributed by atoms with Crippen molar-refractivity contribution in [2.24, 2.45) is 0 Å². The minimum Gasteiger partial charge on any atom is -0.381 e. The number of benzene rings is 1. The maximum atomic E-state index is 13.4. The molecule has 3 nitrogen and oxygen atoms in total. The predicted octanol–water partition coefficient (Wildman–Crippen LogP) is 1.56. The van der Waals surface area contributed by atoms with Crippen molar-refractivity contribution in [3.05, 3.63) is 35.4 Å². The normalized spacial score (nSPS) is 18.1. The lowest BCUT2D eigenvalue weighted by molar-refractivity contribution is -0.205. The summed E-state index contributed by atoms with van der Waals surface area (Å²) in [4.78, 5) is 11.1. The van der Waals surface area contributed by atoms with E-state index in [0.717, 1.165) is 18.2 Å². The number of hydrogen-bond donors (Lipinski definition) is 1. The van der Waals surface area contributed by atoms with E-state index in [1.807, 2.05) is 0 Å². The van der Waals surface area contributed by atoms with Gasteiger partial charge in [0.2, 0.25) is 0 Å². The second-order valence-corrected chi connectivity index (χ2v) is 4.29. The highest BCUT2D eigenvalue weighted by Crippen LogP contribution is 2.37. The Morgan fingerprint density at radius 2 is 1.68 bits per heavy atom. The van der Waals surface area contributed by atoms with Crippen molar-refractivity contribution in [1.29, 1.82) is 0 Å². The maximum absolute atomic E-state index is 13.4. The number of alkyl halides is 3. The minimum absolute atomic E-state index is 0.284. The highest BCUT2D eigenvalue weighted by atomic mass is 19.4. The molecule has 2 rings (SSSR count). The van der Waals surface area contributed by atoms with Gasteiger partial charge < -0.3 is 10.0 Å². The van der Waals surface area contributed by atoms with Gasteiger partial charge in [-0.25, -0.2) is 8.78 Å². The third-order valence-electron chi connectivity index (χ3n) is 2.86. The predicted molar refractivity (Wildman–Crippen MR) is 52.9 cm³/mol.